The van der Waals surface area contributed by atoms with Crippen LogP contribution >= 0.6 is 0 Å². The second kappa shape index (κ2) is 7.78. The van der Waals surface area contributed by atoms with Crippen LogP contribution in [0.4, 0.5) is 0 Å². The number of aryl methyl sites for hydroxylation is 1. The molecule has 1 N–H and O–H groups in total. The van der Waals surface area contributed by atoms with Crippen molar-refractivity contribution in [1.29, 1.82) is 0 Å². The third-order valence-electron chi connectivity index (χ3n) is 3.38. The molecule has 0 aliphatic carbocycles. The molecule has 0 aliphatic rings. The highest BCUT2D eigenvalue weighted by Crippen LogP contribution is 2.28. The normalized spacial score (nSPS) is 12.3. The van der Waals surface area contributed by atoms with E-state index in [1.807, 2.05) is 12.3 Å². The first-order chi connectivity index (χ1) is 10.3. The van der Waals surface area contributed by atoms with Crippen molar-refractivity contribution in [3.63, 3.8) is 0 Å². The summed E-state index contributed by atoms with van der Waals surface area (Å²) in [6, 6.07) is 6.11. The van der Waals surface area contributed by atoms with Gasteiger partial charge in [0.05, 0.1) is 18.8 Å². The van der Waals surface area contributed by atoms with Gasteiger partial charge in [0, 0.05) is 24.5 Å². The molecule has 2 aromatic rings. The van der Waals surface area contributed by atoms with Gasteiger partial charge in [-0.1, -0.05) is 19.9 Å². The molecule has 0 saturated heterocycles. The Kier molecular flexibility index (Phi) is 5.75. The van der Waals surface area contributed by atoms with E-state index in [2.05, 4.69) is 46.1 Å². The molecule has 0 aromatic carbocycles. The number of hydrogen-bond donors (Lipinski definition) is 1. The van der Waals surface area contributed by atoms with Crippen molar-refractivity contribution < 1.29 is 4.74 Å². The molecule has 21 heavy (non-hydrogen) atoms. The number of methoxy groups -OCH3 is 1. The molecular formula is C16H24N4O. The number of aromatic nitrogens is 3. The fourth-order valence-electron chi connectivity index (χ4n) is 2.44. The van der Waals surface area contributed by atoms with Gasteiger partial charge in [-0.2, -0.15) is 5.10 Å². The van der Waals surface area contributed by atoms with E-state index in [0.29, 0.717) is 5.88 Å². The van der Waals surface area contributed by atoms with Crippen LogP contribution < -0.4 is 10.1 Å². The lowest BCUT2D eigenvalue weighted by molar-refractivity contribution is 0.384. The van der Waals surface area contributed by atoms with E-state index in [4.69, 9.17) is 4.74 Å². The highest BCUT2D eigenvalue weighted by atomic mass is 16.5. The highest BCUT2D eigenvalue weighted by Gasteiger charge is 2.21. The summed E-state index contributed by atoms with van der Waals surface area (Å²) in [7, 11) is 1.66. The van der Waals surface area contributed by atoms with Crippen molar-refractivity contribution in [3.8, 4) is 5.88 Å². The van der Waals surface area contributed by atoms with Crippen molar-refractivity contribution in [3.05, 3.63) is 41.9 Å². The minimum atomic E-state index is 0.0441. The number of rotatable bonds is 8. The first kappa shape index (κ1) is 15.5. The van der Waals surface area contributed by atoms with Gasteiger partial charge in [-0.3, -0.25) is 4.68 Å². The molecule has 1 atom stereocenters. The lowest BCUT2D eigenvalue weighted by Gasteiger charge is -2.21. The Balaban J connectivity index is 2.40. The minimum Gasteiger partial charge on any atom is -0.481 e. The maximum atomic E-state index is 5.42. The summed E-state index contributed by atoms with van der Waals surface area (Å²) in [5.74, 6) is 0.662. The fraction of sp³-hybridized carbons (Fsp3) is 0.500. The highest BCUT2D eigenvalue weighted by molar-refractivity contribution is 5.34. The number of nitrogens with one attached hydrogen (secondary N) is 1. The second-order valence-corrected chi connectivity index (χ2v) is 4.97. The van der Waals surface area contributed by atoms with Crippen molar-refractivity contribution in [1.82, 2.24) is 20.1 Å². The predicted octanol–water partition coefficient (Wildman–Crippen LogP) is 2.79. The van der Waals surface area contributed by atoms with Crippen LogP contribution in [0.2, 0.25) is 0 Å². The molecule has 5 heteroatoms. The summed E-state index contributed by atoms with van der Waals surface area (Å²) in [5.41, 5.74) is 2.20. The van der Waals surface area contributed by atoms with E-state index in [1.165, 1.54) is 0 Å². The van der Waals surface area contributed by atoms with Crippen molar-refractivity contribution in [2.45, 2.75) is 39.3 Å². The van der Waals surface area contributed by atoms with Gasteiger partial charge in [0.25, 0.3) is 0 Å². The summed E-state index contributed by atoms with van der Waals surface area (Å²) in [4.78, 5) is 4.32. The lowest BCUT2D eigenvalue weighted by atomic mass is 10.0. The second-order valence-electron chi connectivity index (χ2n) is 4.97. The monoisotopic (exact) mass is 288 g/mol. The summed E-state index contributed by atoms with van der Waals surface area (Å²) in [6.45, 7) is 6.16. The third-order valence-corrected chi connectivity index (χ3v) is 3.38. The number of ether oxygens (including phenoxy) is 1. The van der Waals surface area contributed by atoms with Crippen LogP contribution in [-0.4, -0.2) is 28.4 Å². The average Bonchev–Trinajstić information content (AvgIpc) is 2.97. The maximum absolute atomic E-state index is 5.42. The van der Waals surface area contributed by atoms with Crippen molar-refractivity contribution >= 4 is 0 Å². The van der Waals surface area contributed by atoms with Gasteiger partial charge in [-0.05, 0) is 31.5 Å². The van der Waals surface area contributed by atoms with E-state index < -0.39 is 0 Å². The molecule has 0 saturated carbocycles. The van der Waals surface area contributed by atoms with Crippen molar-refractivity contribution in [2.75, 3.05) is 13.7 Å². The van der Waals surface area contributed by atoms with Gasteiger partial charge in [-0.25, -0.2) is 4.98 Å². The van der Waals surface area contributed by atoms with Crippen LogP contribution in [0.3, 0.4) is 0 Å². The third kappa shape index (κ3) is 3.61. The molecule has 0 fully saturated rings. The van der Waals surface area contributed by atoms with Gasteiger partial charge in [-0.15, -0.1) is 0 Å². The first-order valence-electron chi connectivity index (χ1n) is 7.55. The van der Waals surface area contributed by atoms with Crippen LogP contribution in [-0.2, 0) is 6.54 Å². The predicted molar refractivity (Wildman–Crippen MR) is 83.4 cm³/mol. The van der Waals surface area contributed by atoms with E-state index in [9.17, 15) is 0 Å². The van der Waals surface area contributed by atoms with Crippen LogP contribution in [0, 0.1) is 0 Å². The molecule has 2 heterocycles. The van der Waals surface area contributed by atoms with Crippen LogP contribution in [0.1, 0.15) is 44.0 Å². The van der Waals surface area contributed by atoms with Gasteiger partial charge >= 0.3 is 0 Å². The van der Waals surface area contributed by atoms with E-state index in [1.54, 1.807) is 13.3 Å². The summed E-state index contributed by atoms with van der Waals surface area (Å²) >= 11 is 0. The SMILES string of the molecule is CCCNC(c1cccnc1OC)c1ccnn1CCC. The number of nitrogens with zero attached hydrogens (tertiary/aromatic N) is 3. The quantitative estimate of drug-likeness (QED) is 0.811. The number of hydrogen-bond acceptors (Lipinski definition) is 4. The Hall–Kier alpha value is -1.88. The smallest absolute Gasteiger partial charge is 0.218 e. The Labute approximate surface area is 126 Å². The Morgan fingerprint density at radius 1 is 1.24 bits per heavy atom. The zero-order chi connectivity index (χ0) is 15.1. The minimum absolute atomic E-state index is 0.0441. The zero-order valence-electron chi connectivity index (χ0n) is 13.0. The average molecular weight is 288 g/mol. The molecule has 114 valence electrons. The van der Waals surface area contributed by atoms with Gasteiger partial charge in [0.2, 0.25) is 5.88 Å². The largest absolute Gasteiger partial charge is 0.481 e. The maximum Gasteiger partial charge on any atom is 0.218 e. The molecule has 0 spiro atoms. The molecular weight excluding hydrogens is 264 g/mol. The number of pyridine rings is 1. The van der Waals surface area contributed by atoms with E-state index in [-0.39, 0.29) is 6.04 Å². The standard InChI is InChI=1S/C16H24N4O/c1-4-9-17-15(13-7-6-10-18-16(13)21-3)14-8-11-19-20(14)12-5-2/h6-8,10-11,15,17H,4-5,9,12H2,1-3H3. The van der Waals surface area contributed by atoms with Crippen molar-refractivity contribution in [2.24, 2.45) is 0 Å². The Morgan fingerprint density at radius 2 is 2.10 bits per heavy atom. The molecule has 5 nitrogen and oxygen atoms in total. The summed E-state index contributed by atoms with van der Waals surface area (Å²) < 4.78 is 7.48. The van der Waals surface area contributed by atoms with E-state index >= 15 is 0 Å². The van der Waals surface area contributed by atoms with E-state index in [0.717, 1.165) is 37.2 Å². The fourth-order valence-corrected chi connectivity index (χ4v) is 2.44. The molecule has 2 rings (SSSR count). The Morgan fingerprint density at radius 3 is 2.81 bits per heavy atom. The molecule has 2 aromatic heterocycles. The zero-order valence-corrected chi connectivity index (χ0v) is 13.0. The molecule has 0 amide bonds. The van der Waals surface area contributed by atoms with Crippen LogP contribution in [0.25, 0.3) is 0 Å². The molecule has 0 bridgehead atoms. The van der Waals surface area contributed by atoms with Crippen LogP contribution in [0.15, 0.2) is 30.6 Å². The van der Waals surface area contributed by atoms with Gasteiger partial charge in [0.1, 0.15) is 0 Å². The topological polar surface area (TPSA) is 52.0 Å². The first-order valence-corrected chi connectivity index (χ1v) is 7.55. The van der Waals surface area contributed by atoms with Gasteiger partial charge in [0.15, 0.2) is 0 Å². The van der Waals surface area contributed by atoms with Crippen LogP contribution in [0.5, 0.6) is 5.88 Å². The lowest BCUT2D eigenvalue weighted by Crippen LogP contribution is -2.26. The Bertz CT molecular complexity index is 553. The van der Waals surface area contributed by atoms with Gasteiger partial charge < -0.3 is 10.1 Å². The molecule has 0 radical (unpaired) electrons. The molecule has 1 unspecified atom stereocenters. The summed E-state index contributed by atoms with van der Waals surface area (Å²) in [6.07, 6.45) is 5.73. The summed E-state index contributed by atoms with van der Waals surface area (Å²) in [5, 5.41) is 8.01. The molecule has 0 aliphatic heterocycles.